The van der Waals surface area contributed by atoms with Crippen molar-refractivity contribution in [3.63, 3.8) is 0 Å². The molecule has 1 saturated heterocycles. The van der Waals surface area contributed by atoms with Crippen LogP contribution in [-0.2, 0) is 11.2 Å². The second-order valence-electron chi connectivity index (χ2n) is 5.33. The van der Waals surface area contributed by atoms with Gasteiger partial charge in [0, 0.05) is 0 Å². The number of hydrogen-bond acceptors (Lipinski definition) is 3. The number of carbonyl (C=O) groups is 1. The topological polar surface area (TPSA) is 50.4 Å². The van der Waals surface area contributed by atoms with Crippen molar-refractivity contribution in [3.8, 4) is 5.75 Å². The Morgan fingerprint density at radius 2 is 2.21 bits per heavy atom. The van der Waals surface area contributed by atoms with E-state index in [-0.39, 0.29) is 18.0 Å². The molecule has 0 aromatic heterocycles. The Morgan fingerprint density at radius 3 is 3.05 bits per heavy atom. The summed E-state index contributed by atoms with van der Waals surface area (Å²) in [5.74, 6) is 1.07. The first-order valence-corrected chi connectivity index (χ1v) is 7.07. The molecule has 2 unspecified atom stereocenters. The van der Waals surface area contributed by atoms with Crippen LogP contribution < -0.4 is 15.4 Å². The van der Waals surface area contributed by atoms with Crippen molar-refractivity contribution in [1.29, 1.82) is 0 Å². The lowest BCUT2D eigenvalue weighted by Gasteiger charge is -2.29. The first-order chi connectivity index (χ1) is 9.33. The molecule has 102 valence electrons. The highest BCUT2D eigenvalue weighted by Crippen LogP contribution is 2.24. The van der Waals surface area contributed by atoms with E-state index in [2.05, 4.69) is 16.7 Å². The highest BCUT2D eigenvalue weighted by molar-refractivity contribution is 5.82. The molecule has 2 atom stereocenters. The zero-order valence-electron chi connectivity index (χ0n) is 11.0. The lowest BCUT2D eigenvalue weighted by Crippen LogP contribution is -2.52. The Labute approximate surface area is 113 Å². The molecule has 0 radical (unpaired) electrons. The summed E-state index contributed by atoms with van der Waals surface area (Å²) in [7, 11) is 0. The van der Waals surface area contributed by atoms with Gasteiger partial charge in [0.2, 0.25) is 5.91 Å². The van der Waals surface area contributed by atoms with Crippen molar-refractivity contribution in [2.75, 3.05) is 13.2 Å². The maximum atomic E-state index is 12.1. The van der Waals surface area contributed by atoms with Gasteiger partial charge in [-0.15, -0.1) is 0 Å². The van der Waals surface area contributed by atoms with E-state index in [1.807, 2.05) is 18.2 Å². The zero-order chi connectivity index (χ0) is 13.1. The average molecular weight is 260 g/mol. The van der Waals surface area contributed by atoms with Gasteiger partial charge in [-0.05, 0) is 37.4 Å². The molecule has 1 amide bonds. The SMILES string of the molecule is O=C(NC1COc2ccccc2C1)C1CCCCN1. The minimum atomic E-state index is -0.0223. The molecule has 2 aliphatic rings. The highest BCUT2D eigenvalue weighted by Gasteiger charge is 2.25. The van der Waals surface area contributed by atoms with Crippen molar-refractivity contribution in [2.24, 2.45) is 0 Å². The van der Waals surface area contributed by atoms with Gasteiger partial charge in [-0.2, -0.15) is 0 Å². The van der Waals surface area contributed by atoms with E-state index in [0.717, 1.165) is 31.6 Å². The van der Waals surface area contributed by atoms with Crippen LogP contribution in [0.15, 0.2) is 24.3 Å². The Hall–Kier alpha value is -1.55. The molecule has 2 heterocycles. The van der Waals surface area contributed by atoms with Crippen LogP contribution in [0.4, 0.5) is 0 Å². The van der Waals surface area contributed by atoms with Gasteiger partial charge >= 0.3 is 0 Å². The molecule has 1 aromatic carbocycles. The zero-order valence-corrected chi connectivity index (χ0v) is 11.0. The van der Waals surface area contributed by atoms with Gasteiger partial charge in [0.15, 0.2) is 0 Å². The van der Waals surface area contributed by atoms with E-state index >= 15 is 0 Å². The number of fused-ring (bicyclic) bond motifs is 1. The van der Waals surface area contributed by atoms with Crippen LogP contribution in [0.3, 0.4) is 0 Å². The third kappa shape index (κ3) is 2.89. The van der Waals surface area contributed by atoms with Crippen LogP contribution in [-0.4, -0.2) is 31.1 Å². The largest absolute Gasteiger partial charge is 0.491 e. The van der Waals surface area contributed by atoms with Gasteiger partial charge in [-0.1, -0.05) is 24.6 Å². The van der Waals surface area contributed by atoms with Gasteiger partial charge in [-0.3, -0.25) is 4.79 Å². The maximum Gasteiger partial charge on any atom is 0.237 e. The van der Waals surface area contributed by atoms with Crippen molar-refractivity contribution in [1.82, 2.24) is 10.6 Å². The Morgan fingerprint density at radius 1 is 1.32 bits per heavy atom. The lowest BCUT2D eigenvalue weighted by molar-refractivity contribution is -0.124. The standard InChI is InChI=1S/C15H20N2O2/c18-15(13-6-3-4-8-16-13)17-12-9-11-5-1-2-7-14(11)19-10-12/h1-2,5,7,12-13,16H,3-4,6,8-10H2,(H,17,18). The Kier molecular flexibility index (Phi) is 3.69. The van der Waals surface area contributed by atoms with Gasteiger partial charge < -0.3 is 15.4 Å². The summed E-state index contributed by atoms with van der Waals surface area (Å²) in [6.45, 7) is 1.51. The van der Waals surface area contributed by atoms with E-state index in [1.54, 1.807) is 0 Å². The molecule has 2 aliphatic heterocycles. The summed E-state index contributed by atoms with van der Waals surface area (Å²) in [4.78, 5) is 12.1. The first kappa shape index (κ1) is 12.5. The number of ether oxygens (including phenoxy) is 1. The molecule has 1 fully saturated rings. The molecule has 0 saturated carbocycles. The summed E-state index contributed by atoms with van der Waals surface area (Å²) in [6, 6.07) is 8.10. The van der Waals surface area contributed by atoms with E-state index in [9.17, 15) is 4.79 Å². The fraction of sp³-hybridized carbons (Fsp3) is 0.533. The molecule has 2 N–H and O–H groups in total. The normalized spacial score (nSPS) is 26.1. The summed E-state index contributed by atoms with van der Waals surface area (Å²) >= 11 is 0. The Balaban J connectivity index is 1.58. The van der Waals surface area contributed by atoms with Crippen molar-refractivity contribution in [2.45, 2.75) is 37.8 Å². The van der Waals surface area contributed by atoms with Crippen LogP contribution in [0.1, 0.15) is 24.8 Å². The summed E-state index contributed by atoms with van der Waals surface area (Å²) in [5, 5.41) is 6.38. The minimum Gasteiger partial charge on any atom is -0.491 e. The second kappa shape index (κ2) is 5.61. The van der Waals surface area contributed by atoms with E-state index in [0.29, 0.717) is 6.61 Å². The van der Waals surface area contributed by atoms with Gasteiger partial charge in [-0.25, -0.2) is 0 Å². The van der Waals surface area contributed by atoms with Crippen LogP contribution in [0, 0.1) is 0 Å². The van der Waals surface area contributed by atoms with E-state index in [1.165, 1.54) is 12.0 Å². The van der Waals surface area contributed by atoms with Crippen LogP contribution in [0.5, 0.6) is 5.75 Å². The minimum absolute atomic E-state index is 0.0223. The average Bonchev–Trinajstić information content (AvgIpc) is 2.48. The molecule has 0 aliphatic carbocycles. The number of amides is 1. The van der Waals surface area contributed by atoms with Crippen molar-refractivity contribution in [3.05, 3.63) is 29.8 Å². The predicted octanol–water partition coefficient (Wildman–Crippen LogP) is 1.25. The Bertz CT molecular complexity index is 455. The quantitative estimate of drug-likeness (QED) is 0.841. The van der Waals surface area contributed by atoms with Gasteiger partial charge in [0.25, 0.3) is 0 Å². The third-order valence-electron chi connectivity index (χ3n) is 3.85. The van der Waals surface area contributed by atoms with E-state index in [4.69, 9.17) is 4.74 Å². The molecular weight excluding hydrogens is 240 g/mol. The molecule has 19 heavy (non-hydrogen) atoms. The third-order valence-corrected chi connectivity index (χ3v) is 3.85. The van der Waals surface area contributed by atoms with Crippen molar-refractivity contribution < 1.29 is 9.53 Å². The van der Waals surface area contributed by atoms with Gasteiger partial charge in [0.05, 0.1) is 12.1 Å². The molecule has 0 spiro atoms. The van der Waals surface area contributed by atoms with Crippen LogP contribution in [0.2, 0.25) is 0 Å². The molecule has 1 aromatic rings. The predicted molar refractivity (Wildman–Crippen MR) is 73.2 cm³/mol. The van der Waals surface area contributed by atoms with Crippen molar-refractivity contribution >= 4 is 5.91 Å². The number of carbonyl (C=O) groups excluding carboxylic acids is 1. The van der Waals surface area contributed by atoms with Crippen LogP contribution in [0.25, 0.3) is 0 Å². The molecule has 3 rings (SSSR count). The number of para-hydroxylation sites is 1. The summed E-state index contributed by atoms with van der Waals surface area (Å²) in [6.07, 6.45) is 4.10. The summed E-state index contributed by atoms with van der Waals surface area (Å²) < 4.78 is 5.69. The van der Waals surface area contributed by atoms with Gasteiger partial charge in [0.1, 0.15) is 12.4 Å². The first-order valence-electron chi connectivity index (χ1n) is 7.07. The fourth-order valence-electron chi connectivity index (χ4n) is 2.80. The van der Waals surface area contributed by atoms with Crippen LogP contribution >= 0.6 is 0 Å². The molecule has 4 nitrogen and oxygen atoms in total. The number of benzene rings is 1. The molecule has 0 bridgehead atoms. The number of nitrogens with one attached hydrogen (secondary N) is 2. The number of rotatable bonds is 2. The maximum absolute atomic E-state index is 12.1. The smallest absolute Gasteiger partial charge is 0.237 e. The second-order valence-corrected chi connectivity index (χ2v) is 5.33. The molecular formula is C15H20N2O2. The highest BCUT2D eigenvalue weighted by atomic mass is 16.5. The van der Waals surface area contributed by atoms with E-state index < -0.39 is 0 Å². The number of hydrogen-bond donors (Lipinski definition) is 2. The lowest BCUT2D eigenvalue weighted by atomic mass is 10.0. The monoisotopic (exact) mass is 260 g/mol. The molecule has 4 heteroatoms. The number of piperidine rings is 1. The summed E-state index contributed by atoms with van der Waals surface area (Å²) in [5.41, 5.74) is 1.18. The fourth-order valence-corrected chi connectivity index (χ4v) is 2.80.